The summed E-state index contributed by atoms with van der Waals surface area (Å²) in [6.45, 7) is 0. The summed E-state index contributed by atoms with van der Waals surface area (Å²) in [7, 11) is 2.03. The number of halogens is 1. The molecule has 4 rings (SSSR count). The summed E-state index contributed by atoms with van der Waals surface area (Å²) in [4.78, 5) is 9.04. The maximum absolute atomic E-state index is 5.76. The van der Waals surface area contributed by atoms with Crippen LogP contribution in [-0.2, 0) is 12.9 Å². The topological polar surface area (TPSA) is 43.9 Å². The lowest BCUT2D eigenvalue weighted by atomic mass is 10.1. The molecule has 23 heavy (non-hydrogen) atoms. The van der Waals surface area contributed by atoms with Gasteiger partial charge in [-0.05, 0) is 24.3 Å². The third-order valence-electron chi connectivity index (χ3n) is 3.87. The van der Waals surface area contributed by atoms with E-state index in [4.69, 9.17) is 21.0 Å². The van der Waals surface area contributed by atoms with E-state index in [1.54, 1.807) is 6.26 Å². The first-order valence-electron chi connectivity index (χ1n) is 7.29. The molecule has 5 heteroatoms. The first kappa shape index (κ1) is 14.0. The van der Waals surface area contributed by atoms with E-state index in [0.29, 0.717) is 11.8 Å². The molecule has 114 valence electrons. The van der Waals surface area contributed by atoms with Crippen LogP contribution in [0.1, 0.15) is 5.69 Å². The largest absolute Gasteiger partial charge is 0.444 e. The van der Waals surface area contributed by atoms with Crippen LogP contribution in [0.3, 0.4) is 0 Å². The van der Waals surface area contributed by atoms with Crippen LogP contribution in [0.15, 0.2) is 59.2 Å². The smallest absolute Gasteiger partial charge is 0.226 e. The van der Waals surface area contributed by atoms with Crippen molar-refractivity contribution in [2.45, 2.75) is 5.88 Å². The number of oxazole rings is 1. The molecule has 0 amide bonds. The van der Waals surface area contributed by atoms with E-state index in [-0.39, 0.29) is 0 Å². The highest BCUT2D eigenvalue weighted by Crippen LogP contribution is 2.26. The molecule has 0 aliphatic carbocycles. The normalized spacial score (nSPS) is 11.2. The molecule has 0 atom stereocenters. The van der Waals surface area contributed by atoms with E-state index in [9.17, 15) is 0 Å². The molecule has 4 nitrogen and oxygen atoms in total. The first-order valence-corrected chi connectivity index (χ1v) is 7.82. The van der Waals surface area contributed by atoms with Gasteiger partial charge >= 0.3 is 0 Å². The van der Waals surface area contributed by atoms with Gasteiger partial charge in [0, 0.05) is 18.2 Å². The molecule has 0 aliphatic heterocycles. The van der Waals surface area contributed by atoms with Crippen molar-refractivity contribution < 1.29 is 4.42 Å². The highest BCUT2D eigenvalue weighted by Gasteiger charge is 2.11. The fourth-order valence-electron chi connectivity index (χ4n) is 2.67. The minimum absolute atomic E-state index is 0.349. The quantitative estimate of drug-likeness (QED) is 0.516. The van der Waals surface area contributed by atoms with Crippen molar-refractivity contribution in [1.82, 2.24) is 14.5 Å². The minimum atomic E-state index is 0.349. The number of aryl methyl sites for hydroxylation is 1. The number of hydrogen-bond acceptors (Lipinski definition) is 3. The molecule has 0 saturated carbocycles. The fourth-order valence-corrected chi connectivity index (χ4v) is 2.79. The van der Waals surface area contributed by atoms with Crippen molar-refractivity contribution in [2.75, 3.05) is 0 Å². The molecule has 0 saturated heterocycles. The average molecular weight is 324 g/mol. The summed E-state index contributed by atoms with van der Waals surface area (Å²) >= 11 is 5.76. The number of alkyl halides is 1. The zero-order valence-electron chi connectivity index (χ0n) is 12.5. The van der Waals surface area contributed by atoms with Crippen molar-refractivity contribution in [1.29, 1.82) is 0 Å². The van der Waals surface area contributed by atoms with Gasteiger partial charge in [-0.1, -0.05) is 24.3 Å². The molecule has 0 spiro atoms. The van der Waals surface area contributed by atoms with Crippen molar-refractivity contribution in [3.63, 3.8) is 0 Å². The molecule has 2 aromatic carbocycles. The number of rotatable bonds is 3. The van der Waals surface area contributed by atoms with E-state index in [1.807, 2.05) is 49.5 Å². The second kappa shape index (κ2) is 5.56. The summed E-state index contributed by atoms with van der Waals surface area (Å²) in [5, 5.41) is 0. The number of fused-ring (bicyclic) bond motifs is 1. The highest BCUT2D eigenvalue weighted by molar-refractivity contribution is 6.16. The number of imidazole rings is 1. The Labute approximate surface area is 138 Å². The second-order valence-electron chi connectivity index (χ2n) is 5.34. The highest BCUT2D eigenvalue weighted by atomic mass is 35.5. The SMILES string of the molecule is Cn1c(-c2ccc(-c3nc(CCl)co3)cc2)nc2ccccc21. The molecule has 2 aromatic heterocycles. The van der Waals surface area contributed by atoms with Gasteiger partial charge < -0.3 is 8.98 Å². The van der Waals surface area contributed by atoms with E-state index in [1.165, 1.54) is 0 Å². The zero-order chi connectivity index (χ0) is 15.8. The number of aromatic nitrogens is 3. The van der Waals surface area contributed by atoms with Crippen molar-refractivity contribution in [3.05, 3.63) is 60.5 Å². The van der Waals surface area contributed by atoms with Crippen LogP contribution in [-0.4, -0.2) is 14.5 Å². The Hall–Kier alpha value is -2.59. The van der Waals surface area contributed by atoms with Gasteiger partial charge in [-0.25, -0.2) is 9.97 Å². The Kier molecular flexibility index (Phi) is 3.39. The average Bonchev–Trinajstić information content (AvgIpc) is 3.20. The van der Waals surface area contributed by atoms with Gasteiger partial charge in [-0.3, -0.25) is 0 Å². The van der Waals surface area contributed by atoms with Crippen LogP contribution >= 0.6 is 11.6 Å². The van der Waals surface area contributed by atoms with Crippen LogP contribution in [0.4, 0.5) is 0 Å². The van der Waals surface area contributed by atoms with E-state index in [0.717, 1.165) is 33.7 Å². The van der Waals surface area contributed by atoms with Gasteiger partial charge in [0.2, 0.25) is 5.89 Å². The predicted molar refractivity (Wildman–Crippen MR) is 91.2 cm³/mol. The lowest BCUT2D eigenvalue weighted by Crippen LogP contribution is -1.92. The lowest BCUT2D eigenvalue weighted by molar-refractivity contribution is 0.573. The molecular formula is C18H14ClN3O. The Balaban J connectivity index is 1.73. The van der Waals surface area contributed by atoms with Crippen LogP contribution in [0, 0.1) is 0 Å². The predicted octanol–water partition coefficient (Wildman–Crippen LogP) is 4.63. The van der Waals surface area contributed by atoms with Crippen molar-refractivity contribution >= 4 is 22.6 Å². The third-order valence-corrected chi connectivity index (χ3v) is 4.14. The molecule has 0 unspecified atom stereocenters. The van der Waals surface area contributed by atoms with Crippen LogP contribution < -0.4 is 0 Å². The minimum Gasteiger partial charge on any atom is -0.444 e. The molecule has 0 aliphatic rings. The van der Waals surface area contributed by atoms with Gasteiger partial charge in [0.15, 0.2) is 0 Å². The lowest BCUT2D eigenvalue weighted by Gasteiger charge is -2.03. The Morgan fingerprint density at radius 1 is 1.00 bits per heavy atom. The third kappa shape index (κ3) is 2.41. The summed E-state index contributed by atoms with van der Waals surface area (Å²) in [5.41, 5.74) is 4.82. The molecule has 0 radical (unpaired) electrons. The van der Waals surface area contributed by atoms with Gasteiger partial charge in [-0.2, -0.15) is 0 Å². The monoisotopic (exact) mass is 323 g/mol. The molecule has 0 bridgehead atoms. The van der Waals surface area contributed by atoms with E-state index >= 15 is 0 Å². The van der Waals surface area contributed by atoms with Crippen LogP contribution in [0.25, 0.3) is 33.9 Å². The fraction of sp³-hybridized carbons (Fsp3) is 0.111. The van der Waals surface area contributed by atoms with Crippen LogP contribution in [0.2, 0.25) is 0 Å². The Bertz CT molecular complexity index is 970. The summed E-state index contributed by atoms with van der Waals surface area (Å²) in [6.07, 6.45) is 1.59. The number of hydrogen-bond donors (Lipinski definition) is 0. The van der Waals surface area contributed by atoms with E-state index < -0.39 is 0 Å². The molecule has 4 aromatic rings. The first-order chi connectivity index (χ1) is 11.3. The van der Waals surface area contributed by atoms with Gasteiger partial charge in [0.05, 0.1) is 22.6 Å². The van der Waals surface area contributed by atoms with E-state index in [2.05, 4.69) is 15.6 Å². The molecular weight excluding hydrogens is 310 g/mol. The second-order valence-corrected chi connectivity index (χ2v) is 5.61. The summed E-state index contributed by atoms with van der Waals surface area (Å²) in [5.74, 6) is 1.87. The Morgan fingerprint density at radius 3 is 2.43 bits per heavy atom. The molecule has 0 fully saturated rings. The summed E-state index contributed by atoms with van der Waals surface area (Å²) in [6, 6.07) is 16.1. The standard InChI is InChI=1S/C18H14ClN3O/c1-22-16-5-3-2-4-15(16)21-17(22)12-6-8-13(9-7-12)18-20-14(10-19)11-23-18/h2-9,11H,10H2,1H3. The summed E-state index contributed by atoms with van der Waals surface area (Å²) < 4.78 is 7.54. The number of benzene rings is 2. The maximum Gasteiger partial charge on any atom is 0.226 e. The zero-order valence-corrected chi connectivity index (χ0v) is 13.3. The molecule has 0 N–H and O–H groups in total. The molecule has 2 heterocycles. The van der Waals surface area contributed by atoms with Gasteiger partial charge in [0.25, 0.3) is 0 Å². The number of para-hydroxylation sites is 2. The number of nitrogens with zero attached hydrogens (tertiary/aromatic N) is 3. The Morgan fingerprint density at radius 2 is 1.74 bits per heavy atom. The van der Waals surface area contributed by atoms with Crippen molar-refractivity contribution in [2.24, 2.45) is 7.05 Å². The van der Waals surface area contributed by atoms with Gasteiger partial charge in [0.1, 0.15) is 12.1 Å². The van der Waals surface area contributed by atoms with Crippen LogP contribution in [0.5, 0.6) is 0 Å². The van der Waals surface area contributed by atoms with Gasteiger partial charge in [-0.15, -0.1) is 11.6 Å². The maximum atomic E-state index is 5.76. The van der Waals surface area contributed by atoms with Crippen molar-refractivity contribution in [3.8, 4) is 22.8 Å².